The van der Waals surface area contributed by atoms with E-state index in [4.69, 9.17) is 4.74 Å². The Bertz CT molecular complexity index is 431. The Morgan fingerprint density at radius 3 is 2.62 bits per heavy atom. The van der Waals surface area contributed by atoms with Gasteiger partial charge in [0.1, 0.15) is 0 Å². The molecule has 2 aromatic rings. The number of ether oxygens (including phenoxy) is 1. The van der Waals surface area contributed by atoms with E-state index in [-0.39, 0.29) is 40.0 Å². The van der Waals surface area contributed by atoms with Gasteiger partial charge in [-0.3, -0.25) is 0 Å². The standard InChI is InChI=1S/C13H13O.BrH.Mg/c1-2-9-14-13-8-7-11-5-3-4-6-12(11)10-13;;/h3-8H,2,9H2,1H3;1H;/q-1;;+2/p-1. The molecule has 0 unspecified atom stereocenters. The molecular weight excluding hydrogens is 276 g/mol. The fourth-order valence-electron chi connectivity index (χ4n) is 1.39. The minimum Gasteiger partial charge on any atom is -1.00 e. The second-order valence-corrected chi connectivity index (χ2v) is 3.26. The molecule has 0 bridgehead atoms. The van der Waals surface area contributed by atoms with E-state index >= 15 is 0 Å². The van der Waals surface area contributed by atoms with Gasteiger partial charge in [-0.25, -0.2) is 0 Å². The molecule has 0 saturated carbocycles. The van der Waals surface area contributed by atoms with Crippen molar-refractivity contribution in [2.24, 2.45) is 0 Å². The van der Waals surface area contributed by atoms with Gasteiger partial charge in [0.2, 0.25) is 0 Å². The van der Waals surface area contributed by atoms with Crippen molar-refractivity contribution in [3.63, 3.8) is 0 Å². The molecule has 0 spiro atoms. The van der Waals surface area contributed by atoms with Crippen LogP contribution in [0.5, 0.6) is 5.75 Å². The maximum atomic E-state index is 5.51. The largest absolute Gasteiger partial charge is 2.00 e. The zero-order chi connectivity index (χ0) is 9.80. The molecule has 0 aromatic heterocycles. The van der Waals surface area contributed by atoms with Crippen LogP contribution in [0.25, 0.3) is 10.8 Å². The topological polar surface area (TPSA) is 9.23 Å². The summed E-state index contributed by atoms with van der Waals surface area (Å²) in [6.45, 7) is 2.86. The van der Waals surface area contributed by atoms with Crippen LogP contribution in [0.2, 0.25) is 0 Å². The third kappa shape index (κ3) is 3.96. The minimum absolute atomic E-state index is 0. The summed E-state index contributed by atoms with van der Waals surface area (Å²) in [6, 6.07) is 15.5. The molecule has 0 atom stereocenters. The minimum atomic E-state index is 0. The van der Waals surface area contributed by atoms with Crippen LogP contribution >= 0.6 is 0 Å². The van der Waals surface area contributed by atoms with Crippen LogP contribution in [0, 0.1) is 6.07 Å². The fraction of sp³-hybridized carbons (Fsp3) is 0.231. The maximum absolute atomic E-state index is 5.51. The van der Waals surface area contributed by atoms with Crippen molar-refractivity contribution in [3.8, 4) is 5.75 Å². The van der Waals surface area contributed by atoms with Gasteiger partial charge in [0, 0.05) is 5.75 Å². The van der Waals surface area contributed by atoms with Gasteiger partial charge in [-0.1, -0.05) is 25.1 Å². The van der Waals surface area contributed by atoms with Crippen LogP contribution < -0.4 is 21.7 Å². The Balaban J connectivity index is 0.00000112. The van der Waals surface area contributed by atoms with E-state index < -0.39 is 0 Å². The number of halogens is 1. The zero-order valence-electron chi connectivity index (χ0n) is 9.37. The molecule has 0 heterocycles. The summed E-state index contributed by atoms with van der Waals surface area (Å²) in [5.74, 6) is 0.838. The molecule has 1 nitrogen and oxygen atoms in total. The molecule has 0 radical (unpaired) electrons. The van der Waals surface area contributed by atoms with Crippen LogP contribution in [0.4, 0.5) is 0 Å². The smallest absolute Gasteiger partial charge is 1.00 e. The van der Waals surface area contributed by atoms with Crippen molar-refractivity contribution in [2.45, 2.75) is 13.3 Å². The van der Waals surface area contributed by atoms with Crippen LogP contribution in [0.1, 0.15) is 13.3 Å². The Morgan fingerprint density at radius 2 is 1.88 bits per heavy atom. The van der Waals surface area contributed by atoms with E-state index in [9.17, 15) is 0 Å². The molecule has 0 aliphatic carbocycles. The Morgan fingerprint density at radius 1 is 1.12 bits per heavy atom. The molecule has 0 aliphatic heterocycles. The van der Waals surface area contributed by atoms with E-state index in [2.05, 4.69) is 25.1 Å². The fourth-order valence-corrected chi connectivity index (χ4v) is 1.39. The van der Waals surface area contributed by atoms with Crippen molar-refractivity contribution in [3.05, 3.63) is 42.5 Å². The summed E-state index contributed by atoms with van der Waals surface area (Å²) in [4.78, 5) is 0. The van der Waals surface area contributed by atoms with Gasteiger partial charge in [0.15, 0.2) is 0 Å². The number of hydrogen-bond donors (Lipinski definition) is 0. The van der Waals surface area contributed by atoms with Crippen molar-refractivity contribution in [2.75, 3.05) is 6.61 Å². The summed E-state index contributed by atoms with van der Waals surface area (Å²) < 4.78 is 5.51. The number of benzene rings is 2. The molecule has 0 aliphatic rings. The molecule has 80 valence electrons. The predicted octanol–water partition coefficient (Wildman–Crippen LogP) is 0.0520. The van der Waals surface area contributed by atoms with Crippen molar-refractivity contribution in [1.29, 1.82) is 0 Å². The first-order valence-electron chi connectivity index (χ1n) is 4.94. The third-order valence-electron chi connectivity index (χ3n) is 2.09. The predicted molar refractivity (Wildman–Crippen MR) is 64.3 cm³/mol. The van der Waals surface area contributed by atoms with Gasteiger partial charge in [-0.05, 0) is 6.42 Å². The molecule has 16 heavy (non-hydrogen) atoms. The van der Waals surface area contributed by atoms with E-state index in [1.54, 1.807) is 0 Å². The molecular formula is C13H13BrMgO. The Hall–Kier alpha value is -0.254. The second kappa shape index (κ2) is 7.93. The third-order valence-corrected chi connectivity index (χ3v) is 2.09. The molecule has 3 heteroatoms. The van der Waals surface area contributed by atoms with E-state index in [0.29, 0.717) is 0 Å². The quantitative estimate of drug-likeness (QED) is 0.573. The molecule has 2 aromatic carbocycles. The monoisotopic (exact) mass is 288 g/mol. The first kappa shape index (κ1) is 15.7. The average molecular weight is 289 g/mol. The number of fused-ring (bicyclic) bond motifs is 1. The molecule has 0 N–H and O–H groups in total. The van der Waals surface area contributed by atoms with Crippen LogP contribution in [-0.4, -0.2) is 29.7 Å². The second-order valence-electron chi connectivity index (χ2n) is 3.26. The Kier molecular flexibility index (Phi) is 7.80. The summed E-state index contributed by atoms with van der Waals surface area (Å²) in [5.41, 5.74) is 0. The number of rotatable bonds is 3. The first-order valence-corrected chi connectivity index (χ1v) is 4.94. The van der Waals surface area contributed by atoms with Gasteiger partial charge in [-0.2, -0.15) is 0 Å². The van der Waals surface area contributed by atoms with Crippen molar-refractivity contribution in [1.82, 2.24) is 0 Å². The van der Waals surface area contributed by atoms with E-state index in [0.717, 1.165) is 24.2 Å². The van der Waals surface area contributed by atoms with E-state index in [1.165, 1.54) is 5.39 Å². The molecule has 0 saturated heterocycles. The molecule has 0 amide bonds. The van der Waals surface area contributed by atoms with Gasteiger partial charge >= 0.3 is 23.1 Å². The van der Waals surface area contributed by atoms with Gasteiger partial charge in [0.25, 0.3) is 0 Å². The average Bonchev–Trinajstić information content (AvgIpc) is 2.26. The molecule has 0 fully saturated rings. The summed E-state index contributed by atoms with van der Waals surface area (Å²) >= 11 is 0. The maximum Gasteiger partial charge on any atom is 2.00 e. The summed E-state index contributed by atoms with van der Waals surface area (Å²) in [6.07, 6.45) is 1.03. The summed E-state index contributed by atoms with van der Waals surface area (Å²) in [7, 11) is 0. The summed E-state index contributed by atoms with van der Waals surface area (Å²) in [5, 5.41) is 2.32. The van der Waals surface area contributed by atoms with Crippen molar-refractivity contribution < 1.29 is 21.7 Å². The normalized spacial score (nSPS) is 9.06. The van der Waals surface area contributed by atoms with E-state index in [1.807, 2.05) is 24.3 Å². The van der Waals surface area contributed by atoms with Crippen molar-refractivity contribution >= 4 is 33.8 Å². The van der Waals surface area contributed by atoms with Gasteiger partial charge in [-0.15, -0.1) is 35.0 Å². The van der Waals surface area contributed by atoms with Crippen LogP contribution in [-0.2, 0) is 0 Å². The van der Waals surface area contributed by atoms with Crippen LogP contribution in [0.15, 0.2) is 36.4 Å². The number of hydrogen-bond acceptors (Lipinski definition) is 1. The van der Waals surface area contributed by atoms with Crippen LogP contribution in [0.3, 0.4) is 0 Å². The van der Waals surface area contributed by atoms with Gasteiger partial charge in [0.05, 0.1) is 6.61 Å². The Labute approximate surface area is 123 Å². The van der Waals surface area contributed by atoms with Gasteiger partial charge < -0.3 is 21.7 Å². The zero-order valence-corrected chi connectivity index (χ0v) is 12.4. The molecule has 2 rings (SSSR count). The SMILES string of the molecule is CCCOc1[c-]c2ccccc2cc1.[Br-].[Mg+2]. The first-order chi connectivity index (χ1) is 6.90.